The van der Waals surface area contributed by atoms with Crippen LogP contribution >= 0.6 is 8.53 Å². The highest BCUT2D eigenvalue weighted by Gasteiger charge is 2.68. The van der Waals surface area contributed by atoms with Gasteiger partial charge in [0.25, 0.3) is 8.53 Å². The third-order valence-electron chi connectivity index (χ3n) is 15.0. The first kappa shape index (κ1) is 57.4. The zero-order chi connectivity index (χ0) is 54.1. The molecule has 2 aliphatic heterocycles. The first-order valence-electron chi connectivity index (χ1n) is 26.6. The van der Waals surface area contributed by atoms with Crippen molar-refractivity contribution < 1.29 is 18.5 Å². The minimum atomic E-state index is -1.91. The van der Waals surface area contributed by atoms with Crippen molar-refractivity contribution >= 4 is 8.53 Å². The van der Waals surface area contributed by atoms with E-state index in [1.165, 1.54) is 44.5 Å². The van der Waals surface area contributed by atoms with Gasteiger partial charge in [-0.1, -0.05) is 239 Å². The quantitative estimate of drug-likeness (QED) is 0.186. The van der Waals surface area contributed by atoms with Gasteiger partial charge in [0, 0.05) is 0 Å². The molecule has 0 unspecified atom stereocenters. The highest BCUT2D eigenvalue weighted by Crippen LogP contribution is 2.66. The van der Waals surface area contributed by atoms with E-state index in [2.05, 4.69) is 272 Å². The van der Waals surface area contributed by atoms with Gasteiger partial charge in [0.05, 0.1) is 0 Å². The fourth-order valence-corrected chi connectivity index (χ4v) is 11.4. The third-order valence-corrected chi connectivity index (χ3v) is 16.6. The molecular formula is C65H98NO4P. The lowest BCUT2D eigenvalue weighted by Gasteiger charge is -2.44. The molecule has 0 N–H and O–H groups in total. The van der Waals surface area contributed by atoms with Gasteiger partial charge in [-0.3, -0.25) is 0 Å². The molecule has 0 spiro atoms. The molecule has 2 fully saturated rings. The lowest BCUT2D eigenvalue weighted by atomic mass is 9.67. The molecule has 392 valence electrons. The number of hydrogen-bond acceptors (Lipinski definition) is 5. The minimum Gasteiger partial charge on any atom is -0.341 e. The maximum absolute atomic E-state index is 8.36. The zero-order valence-corrected chi connectivity index (χ0v) is 51.0. The normalized spacial score (nSPS) is 20.6. The van der Waals surface area contributed by atoms with Crippen LogP contribution in [0, 0.1) is 0 Å². The Labute approximate surface area is 435 Å². The Morgan fingerprint density at radius 3 is 0.634 bits per heavy atom. The lowest BCUT2D eigenvalue weighted by Crippen LogP contribution is -2.54. The average Bonchev–Trinajstić information content (AvgIpc) is 3.46. The fraction of sp³-hybridized carbons (Fsp3) is 0.631. The number of nitrogens with zero attached hydrogens (tertiary/aromatic N) is 1. The molecule has 4 aromatic rings. The first-order chi connectivity index (χ1) is 31.7. The van der Waals surface area contributed by atoms with E-state index in [9.17, 15) is 0 Å². The standard InChI is InChI=1S/C65H98NO4P/c1-55(2,3)41-29-42(56(4,5)6)34-49(33-41)64(50-35-43(57(7,8)9)30-44(36-50)58(10,11)12)53-54(68-63(25,26)67-53)65(70-71(69-64)66(27)28,51-37-45(59(13,14)15)31-46(38-51)60(16,17)18)52-39-47(61(19,20)21)32-48(40-52)62(22,23)24/h29-40,53-54H,1-28H3/t53-,54-/m1/s1. The zero-order valence-electron chi connectivity index (χ0n) is 50.1. The molecule has 6 heteroatoms. The Morgan fingerprint density at radius 1 is 0.324 bits per heavy atom. The largest absolute Gasteiger partial charge is 0.341 e. The monoisotopic (exact) mass is 988 g/mol. The van der Waals surface area contributed by atoms with Gasteiger partial charge >= 0.3 is 0 Å². The SMILES string of the molecule is CN(C)P1OC(c2cc(C(C)(C)C)cc(C(C)(C)C)c2)(c2cc(C(C)(C)C)cc(C(C)(C)C)c2)[C@@H]2OC(C)(C)O[C@H]2C(c2cc(C(C)(C)C)cc(C(C)(C)C)c2)(c2cc(C(C)(C)C)cc(C(C)(C)C)c2)O1. The molecule has 5 nitrogen and oxygen atoms in total. The minimum absolute atomic E-state index is 0.183. The van der Waals surface area contributed by atoms with E-state index in [0.29, 0.717) is 0 Å². The van der Waals surface area contributed by atoms with Gasteiger partial charge in [0.1, 0.15) is 12.2 Å². The van der Waals surface area contributed by atoms with Crippen LogP contribution in [0.25, 0.3) is 0 Å². The summed E-state index contributed by atoms with van der Waals surface area (Å²) in [5, 5.41) is 0. The van der Waals surface area contributed by atoms with E-state index < -0.39 is 37.7 Å². The number of ether oxygens (including phenoxy) is 2. The van der Waals surface area contributed by atoms with Crippen molar-refractivity contribution in [3.8, 4) is 0 Å². The Morgan fingerprint density at radius 2 is 0.493 bits per heavy atom. The van der Waals surface area contributed by atoms with Crippen LogP contribution in [0.5, 0.6) is 0 Å². The third kappa shape index (κ3) is 11.5. The van der Waals surface area contributed by atoms with Gasteiger partial charge < -0.3 is 18.5 Å². The van der Waals surface area contributed by atoms with Gasteiger partial charge in [-0.2, -0.15) is 0 Å². The molecule has 2 atom stereocenters. The second-order valence-corrected chi connectivity index (χ2v) is 32.1. The molecule has 4 aromatic carbocycles. The van der Waals surface area contributed by atoms with E-state index in [0.717, 1.165) is 22.3 Å². The van der Waals surface area contributed by atoms with Gasteiger partial charge in [-0.05, 0) is 138 Å². The van der Waals surface area contributed by atoms with Crippen LogP contribution in [-0.2, 0) is 73.0 Å². The highest BCUT2D eigenvalue weighted by atomic mass is 31.2. The molecule has 0 amide bonds. The second-order valence-electron chi connectivity index (χ2n) is 30.4. The summed E-state index contributed by atoms with van der Waals surface area (Å²) in [7, 11) is 2.32. The van der Waals surface area contributed by atoms with Crippen molar-refractivity contribution in [3.05, 3.63) is 140 Å². The summed E-state index contributed by atoms with van der Waals surface area (Å²) in [6, 6.07) is 29.1. The Kier molecular flexibility index (Phi) is 14.7. The van der Waals surface area contributed by atoms with Gasteiger partial charge in [-0.15, -0.1) is 0 Å². The van der Waals surface area contributed by atoms with Crippen LogP contribution in [0.2, 0.25) is 0 Å². The van der Waals surface area contributed by atoms with E-state index in [4.69, 9.17) is 18.5 Å². The molecule has 2 aliphatic rings. The molecule has 71 heavy (non-hydrogen) atoms. The Balaban J connectivity index is 1.99. The lowest BCUT2D eigenvalue weighted by molar-refractivity contribution is -0.175. The van der Waals surface area contributed by atoms with E-state index in [1.54, 1.807) is 0 Å². The van der Waals surface area contributed by atoms with Crippen molar-refractivity contribution in [2.75, 3.05) is 14.1 Å². The Bertz CT molecular complexity index is 2140. The molecule has 0 aromatic heterocycles. The van der Waals surface area contributed by atoms with Crippen LogP contribution in [0.4, 0.5) is 0 Å². The van der Waals surface area contributed by atoms with Crippen LogP contribution < -0.4 is 0 Å². The molecule has 0 saturated carbocycles. The number of benzene rings is 4. The average molecular weight is 988 g/mol. The summed E-state index contributed by atoms with van der Waals surface area (Å²) in [4.78, 5) is 0. The Hall–Kier alpha value is -2.89. The smallest absolute Gasteiger partial charge is 0.260 e. The van der Waals surface area contributed by atoms with Crippen molar-refractivity contribution in [3.63, 3.8) is 0 Å². The highest BCUT2D eigenvalue weighted by molar-refractivity contribution is 7.44. The van der Waals surface area contributed by atoms with E-state index >= 15 is 0 Å². The molecule has 0 bridgehead atoms. The van der Waals surface area contributed by atoms with Crippen LogP contribution in [0.3, 0.4) is 0 Å². The molecule has 2 heterocycles. The van der Waals surface area contributed by atoms with Crippen molar-refractivity contribution in [2.24, 2.45) is 0 Å². The molecule has 0 radical (unpaired) electrons. The first-order valence-corrected chi connectivity index (χ1v) is 27.7. The molecular weight excluding hydrogens is 890 g/mol. The fourth-order valence-electron chi connectivity index (χ4n) is 9.92. The van der Waals surface area contributed by atoms with Crippen molar-refractivity contribution in [2.45, 2.75) is 253 Å². The van der Waals surface area contributed by atoms with Crippen LogP contribution in [-0.4, -0.2) is 36.8 Å². The number of hydrogen-bond donors (Lipinski definition) is 0. The van der Waals surface area contributed by atoms with E-state index in [1.807, 2.05) is 0 Å². The summed E-state index contributed by atoms with van der Waals surface area (Å²) in [5.41, 5.74) is 10.1. The molecule has 0 aliphatic carbocycles. The van der Waals surface area contributed by atoms with Gasteiger partial charge in [0.15, 0.2) is 17.0 Å². The topological polar surface area (TPSA) is 40.2 Å². The summed E-state index contributed by atoms with van der Waals surface area (Å²) < 4.78 is 34.6. The summed E-state index contributed by atoms with van der Waals surface area (Å²) in [6.45, 7) is 59.9. The van der Waals surface area contributed by atoms with Crippen LogP contribution in [0.1, 0.15) is 247 Å². The van der Waals surface area contributed by atoms with Gasteiger partial charge in [-0.25, -0.2) is 4.67 Å². The van der Waals surface area contributed by atoms with Crippen LogP contribution in [0.15, 0.2) is 72.8 Å². The van der Waals surface area contributed by atoms with Crippen molar-refractivity contribution in [1.29, 1.82) is 0 Å². The summed E-state index contributed by atoms with van der Waals surface area (Å²) in [5.74, 6) is -1.05. The molecule has 2 saturated heterocycles. The predicted octanol–water partition coefficient (Wildman–Crippen LogP) is 17.6. The molecule has 6 rings (SSSR count). The number of fused-ring (bicyclic) bond motifs is 1. The predicted molar refractivity (Wildman–Crippen MR) is 304 cm³/mol. The summed E-state index contributed by atoms with van der Waals surface area (Å²) in [6.07, 6.45) is -1.47. The maximum Gasteiger partial charge on any atom is 0.260 e. The van der Waals surface area contributed by atoms with Crippen molar-refractivity contribution in [1.82, 2.24) is 4.67 Å². The van der Waals surface area contributed by atoms with E-state index in [-0.39, 0.29) is 43.3 Å². The second kappa shape index (κ2) is 18.2. The van der Waals surface area contributed by atoms with Gasteiger partial charge in [0.2, 0.25) is 0 Å². The summed E-state index contributed by atoms with van der Waals surface area (Å²) >= 11 is 0. The maximum atomic E-state index is 8.36. The number of rotatable bonds is 5.